The van der Waals surface area contributed by atoms with E-state index in [0.717, 1.165) is 18.4 Å². The van der Waals surface area contributed by atoms with Crippen molar-refractivity contribution in [3.63, 3.8) is 0 Å². The van der Waals surface area contributed by atoms with Crippen LogP contribution in [0.15, 0.2) is 24.3 Å². The summed E-state index contributed by atoms with van der Waals surface area (Å²) in [5, 5.41) is 0. The summed E-state index contributed by atoms with van der Waals surface area (Å²) in [5.41, 5.74) is 0.495. The zero-order valence-electron chi connectivity index (χ0n) is 10.1. The van der Waals surface area contributed by atoms with Gasteiger partial charge in [0.15, 0.2) is 0 Å². The summed E-state index contributed by atoms with van der Waals surface area (Å²) >= 11 is 0. The molecule has 1 aliphatic rings. The van der Waals surface area contributed by atoms with Gasteiger partial charge < -0.3 is 0 Å². The van der Waals surface area contributed by atoms with Gasteiger partial charge >= 0.3 is 6.18 Å². The van der Waals surface area contributed by atoms with Crippen LogP contribution in [0.3, 0.4) is 0 Å². The van der Waals surface area contributed by atoms with Gasteiger partial charge in [-0.05, 0) is 48.3 Å². The summed E-state index contributed by atoms with van der Waals surface area (Å²) in [7, 11) is 0. The lowest BCUT2D eigenvalue weighted by molar-refractivity contribution is -0.137. The molecule has 1 unspecified atom stereocenters. The summed E-state index contributed by atoms with van der Waals surface area (Å²) in [5.74, 6) is 1.77. The highest BCUT2D eigenvalue weighted by atomic mass is 19.4. The molecular weight excluding hydrogens is 225 g/mol. The van der Waals surface area contributed by atoms with E-state index < -0.39 is 11.7 Å². The summed E-state index contributed by atoms with van der Waals surface area (Å²) < 4.78 is 37.3. The van der Waals surface area contributed by atoms with Crippen LogP contribution in [-0.2, 0) is 6.18 Å². The van der Waals surface area contributed by atoms with E-state index in [2.05, 4.69) is 13.8 Å². The fourth-order valence-electron chi connectivity index (χ4n) is 2.67. The molecule has 0 heterocycles. The molecule has 3 heteroatoms. The van der Waals surface area contributed by atoms with Gasteiger partial charge in [-0.1, -0.05) is 26.0 Å². The van der Waals surface area contributed by atoms with Gasteiger partial charge in [-0.15, -0.1) is 0 Å². The highest BCUT2D eigenvalue weighted by molar-refractivity contribution is 5.27. The van der Waals surface area contributed by atoms with Crippen LogP contribution >= 0.6 is 0 Å². The maximum Gasteiger partial charge on any atom is 0.416 e. The van der Waals surface area contributed by atoms with Crippen molar-refractivity contribution in [3.8, 4) is 0 Å². The third kappa shape index (κ3) is 2.64. The van der Waals surface area contributed by atoms with Crippen molar-refractivity contribution >= 4 is 0 Å². The fraction of sp³-hybridized carbons (Fsp3) is 0.571. The number of benzene rings is 1. The largest absolute Gasteiger partial charge is 0.416 e. The highest BCUT2D eigenvalue weighted by Gasteiger charge is 2.32. The Balaban J connectivity index is 2.14. The molecule has 0 saturated heterocycles. The van der Waals surface area contributed by atoms with Gasteiger partial charge in [0.25, 0.3) is 0 Å². The minimum atomic E-state index is -4.23. The molecule has 0 radical (unpaired) electrons. The predicted molar refractivity (Wildman–Crippen MR) is 61.7 cm³/mol. The Hall–Kier alpha value is -0.990. The van der Waals surface area contributed by atoms with Crippen LogP contribution in [0.2, 0.25) is 0 Å². The first-order valence-electron chi connectivity index (χ1n) is 6.05. The Bertz CT molecular complexity index is 367. The third-order valence-electron chi connectivity index (χ3n) is 3.99. The normalized spacial score (nSPS) is 29.6. The van der Waals surface area contributed by atoms with Crippen molar-refractivity contribution in [2.75, 3.05) is 0 Å². The van der Waals surface area contributed by atoms with Crippen LogP contribution in [0.5, 0.6) is 0 Å². The molecule has 1 aromatic carbocycles. The Morgan fingerprint density at radius 1 is 0.941 bits per heavy atom. The van der Waals surface area contributed by atoms with Crippen molar-refractivity contribution in [3.05, 3.63) is 35.4 Å². The first kappa shape index (κ1) is 12.5. The molecule has 0 amide bonds. The minimum Gasteiger partial charge on any atom is -0.166 e. The molecule has 1 aliphatic carbocycles. The second-order valence-electron chi connectivity index (χ2n) is 5.24. The number of hydrogen-bond acceptors (Lipinski definition) is 0. The molecule has 1 fully saturated rings. The van der Waals surface area contributed by atoms with Gasteiger partial charge in [-0.2, -0.15) is 13.2 Å². The van der Waals surface area contributed by atoms with Crippen molar-refractivity contribution in [2.24, 2.45) is 11.8 Å². The third-order valence-corrected chi connectivity index (χ3v) is 3.99. The Kier molecular flexibility index (Phi) is 3.19. The smallest absolute Gasteiger partial charge is 0.166 e. The number of rotatable bonds is 1. The van der Waals surface area contributed by atoms with E-state index in [9.17, 15) is 13.2 Å². The van der Waals surface area contributed by atoms with Crippen LogP contribution in [0.4, 0.5) is 13.2 Å². The van der Waals surface area contributed by atoms with Gasteiger partial charge in [-0.3, -0.25) is 0 Å². The molecule has 94 valence electrons. The van der Waals surface area contributed by atoms with Crippen LogP contribution < -0.4 is 0 Å². The maximum absolute atomic E-state index is 12.4. The van der Waals surface area contributed by atoms with Crippen LogP contribution in [-0.4, -0.2) is 0 Å². The molecule has 1 saturated carbocycles. The number of alkyl halides is 3. The van der Waals surface area contributed by atoms with Crippen molar-refractivity contribution < 1.29 is 13.2 Å². The predicted octanol–water partition coefficient (Wildman–Crippen LogP) is 4.86. The summed E-state index contributed by atoms with van der Waals surface area (Å²) in [6.07, 6.45) is -2.05. The molecule has 1 aromatic rings. The van der Waals surface area contributed by atoms with E-state index in [1.807, 2.05) is 0 Å². The highest BCUT2D eigenvalue weighted by Crippen LogP contribution is 2.42. The van der Waals surface area contributed by atoms with Crippen molar-refractivity contribution in [1.82, 2.24) is 0 Å². The lowest BCUT2D eigenvalue weighted by atomic mass is 9.95. The molecule has 0 nitrogen and oxygen atoms in total. The monoisotopic (exact) mass is 242 g/mol. The lowest BCUT2D eigenvalue weighted by Gasteiger charge is -2.12. The first-order chi connectivity index (χ1) is 7.88. The first-order valence-corrected chi connectivity index (χ1v) is 6.05. The van der Waals surface area contributed by atoms with E-state index in [0.29, 0.717) is 17.8 Å². The van der Waals surface area contributed by atoms with Crippen molar-refractivity contribution in [2.45, 2.75) is 38.8 Å². The summed E-state index contributed by atoms with van der Waals surface area (Å²) in [6.45, 7) is 4.43. The van der Waals surface area contributed by atoms with Gasteiger partial charge in [0.2, 0.25) is 0 Å². The fourth-order valence-corrected chi connectivity index (χ4v) is 2.67. The number of halogens is 3. The Morgan fingerprint density at radius 3 is 1.82 bits per heavy atom. The average molecular weight is 242 g/mol. The lowest BCUT2D eigenvalue weighted by Crippen LogP contribution is -2.05. The summed E-state index contributed by atoms with van der Waals surface area (Å²) in [4.78, 5) is 0. The van der Waals surface area contributed by atoms with E-state index >= 15 is 0 Å². The molecule has 0 aromatic heterocycles. The van der Waals surface area contributed by atoms with E-state index in [4.69, 9.17) is 0 Å². The van der Waals surface area contributed by atoms with Crippen LogP contribution in [0.25, 0.3) is 0 Å². The van der Waals surface area contributed by atoms with Gasteiger partial charge in [0.05, 0.1) is 5.56 Å². The van der Waals surface area contributed by atoms with Gasteiger partial charge in [-0.25, -0.2) is 0 Å². The van der Waals surface area contributed by atoms with Crippen LogP contribution in [0.1, 0.15) is 43.7 Å². The van der Waals surface area contributed by atoms with Gasteiger partial charge in [0.1, 0.15) is 0 Å². The zero-order chi connectivity index (χ0) is 12.6. The molecular formula is C14H17F3. The molecule has 17 heavy (non-hydrogen) atoms. The van der Waals surface area contributed by atoms with E-state index in [-0.39, 0.29) is 0 Å². The van der Waals surface area contributed by atoms with E-state index in [1.165, 1.54) is 12.1 Å². The van der Waals surface area contributed by atoms with Crippen LogP contribution in [0, 0.1) is 11.8 Å². The standard InChI is InChI=1S/C14H17F3/c1-9-7-12(8-10(9)2)11-3-5-13(6-4-11)14(15,16)17/h3-6,9-10,12H,7-8H2,1-2H3/t9-,10?,12+/m1/s1. The average Bonchev–Trinajstić information content (AvgIpc) is 2.58. The zero-order valence-corrected chi connectivity index (χ0v) is 10.1. The Labute approximate surface area is 99.8 Å². The maximum atomic E-state index is 12.4. The Morgan fingerprint density at radius 2 is 1.41 bits per heavy atom. The minimum absolute atomic E-state index is 0.433. The molecule has 0 bridgehead atoms. The molecule has 0 spiro atoms. The number of hydrogen-bond donors (Lipinski definition) is 0. The topological polar surface area (TPSA) is 0 Å². The SMILES string of the molecule is CC1C[C@@H](c2ccc(C(F)(F)F)cc2)C[C@H]1C. The summed E-state index contributed by atoms with van der Waals surface area (Å²) in [6, 6.07) is 5.67. The quantitative estimate of drug-likeness (QED) is 0.660. The molecule has 0 N–H and O–H groups in total. The second kappa shape index (κ2) is 4.35. The van der Waals surface area contributed by atoms with Gasteiger partial charge in [0, 0.05) is 0 Å². The second-order valence-corrected chi connectivity index (χ2v) is 5.24. The molecule has 2 rings (SSSR count). The molecule has 3 atom stereocenters. The van der Waals surface area contributed by atoms with E-state index in [1.54, 1.807) is 12.1 Å². The van der Waals surface area contributed by atoms with Crippen molar-refractivity contribution in [1.29, 1.82) is 0 Å². The molecule has 0 aliphatic heterocycles.